The van der Waals surface area contributed by atoms with E-state index in [1.165, 1.54) is 19.5 Å². The molecule has 2 heteroatoms. The van der Waals surface area contributed by atoms with Gasteiger partial charge in [-0.15, -0.1) is 0 Å². The van der Waals surface area contributed by atoms with Crippen LogP contribution in [0.15, 0.2) is 0 Å². The minimum Gasteiger partial charge on any atom is -0.330 e. The van der Waals surface area contributed by atoms with Crippen LogP contribution in [-0.4, -0.2) is 30.6 Å². The summed E-state index contributed by atoms with van der Waals surface area (Å²) < 4.78 is 0. The van der Waals surface area contributed by atoms with Gasteiger partial charge in [0.1, 0.15) is 0 Å². The first-order valence-corrected chi connectivity index (χ1v) is 4.52. The van der Waals surface area contributed by atoms with E-state index in [9.17, 15) is 0 Å². The zero-order valence-corrected chi connectivity index (χ0v) is 7.93. The van der Waals surface area contributed by atoms with Gasteiger partial charge in [-0.05, 0) is 38.4 Å². The van der Waals surface area contributed by atoms with Crippen LogP contribution in [0.3, 0.4) is 0 Å². The van der Waals surface area contributed by atoms with Crippen LogP contribution in [-0.2, 0) is 0 Å². The third kappa shape index (κ3) is 1.74. The van der Waals surface area contributed by atoms with Gasteiger partial charge in [0.2, 0.25) is 0 Å². The summed E-state index contributed by atoms with van der Waals surface area (Å²) in [6, 6.07) is 0.640. The Bertz CT molecular complexity index is 128. The highest BCUT2D eigenvalue weighted by molar-refractivity contribution is 4.87. The Kier molecular flexibility index (Phi) is 2.55. The second-order valence-corrected chi connectivity index (χ2v) is 4.26. The molecule has 11 heavy (non-hydrogen) atoms. The molecule has 0 aliphatic carbocycles. The minimum atomic E-state index is 0.278. The van der Waals surface area contributed by atoms with Gasteiger partial charge in [-0.25, -0.2) is 0 Å². The molecule has 0 aromatic carbocycles. The van der Waals surface area contributed by atoms with E-state index in [4.69, 9.17) is 5.73 Å². The van der Waals surface area contributed by atoms with E-state index < -0.39 is 0 Å². The Hall–Kier alpha value is -0.0800. The maximum atomic E-state index is 5.70. The van der Waals surface area contributed by atoms with Crippen LogP contribution < -0.4 is 5.73 Å². The third-order valence-electron chi connectivity index (χ3n) is 3.10. The molecule has 0 aromatic rings. The lowest BCUT2D eigenvalue weighted by Gasteiger charge is -2.44. The topological polar surface area (TPSA) is 29.3 Å². The van der Waals surface area contributed by atoms with Crippen molar-refractivity contribution >= 4 is 0 Å². The molecule has 0 saturated carbocycles. The molecule has 1 rings (SSSR count). The summed E-state index contributed by atoms with van der Waals surface area (Å²) in [4.78, 5) is 2.51. The predicted molar refractivity (Wildman–Crippen MR) is 48.5 cm³/mol. The Morgan fingerprint density at radius 2 is 2.00 bits per heavy atom. The number of hydrogen-bond donors (Lipinski definition) is 1. The normalized spacial score (nSPS) is 22.9. The Labute approximate surface area is 69.8 Å². The van der Waals surface area contributed by atoms with Crippen molar-refractivity contribution in [1.29, 1.82) is 0 Å². The van der Waals surface area contributed by atoms with Gasteiger partial charge in [0, 0.05) is 6.04 Å². The fourth-order valence-electron chi connectivity index (χ4n) is 1.39. The standard InChI is InChI=1S/C9H20N2/c1-8(9(2,3)7-10)11-5-4-6-11/h8H,4-7,10H2,1-3H3. The minimum absolute atomic E-state index is 0.278. The quantitative estimate of drug-likeness (QED) is 0.662. The smallest absolute Gasteiger partial charge is 0.0130 e. The molecular formula is C9H20N2. The summed E-state index contributed by atoms with van der Waals surface area (Å²) in [5.41, 5.74) is 5.98. The van der Waals surface area contributed by atoms with Crippen LogP contribution >= 0.6 is 0 Å². The molecular weight excluding hydrogens is 136 g/mol. The fraction of sp³-hybridized carbons (Fsp3) is 1.00. The van der Waals surface area contributed by atoms with Crippen LogP contribution in [0.2, 0.25) is 0 Å². The summed E-state index contributed by atoms with van der Waals surface area (Å²) in [6.45, 7) is 10.1. The average molecular weight is 156 g/mol. The van der Waals surface area contributed by atoms with Gasteiger partial charge in [0.05, 0.1) is 0 Å². The summed E-state index contributed by atoms with van der Waals surface area (Å²) in [6.07, 6.45) is 1.37. The molecule has 2 nitrogen and oxygen atoms in total. The molecule has 2 N–H and O–H groups in total. The van der Waals surface area contributed by atoms with Crippen LogP contribution in [0, 0.1) is 5.41 Å². The van der Waals surface area contributed by atoms with Gasteiger partial charge >= 0.3 is 0 Å². The SMILES string of the molecule is CC(N1CCC1)C(C)(C)CN. The van der Waals surface area contributed by atoms with Crippen LogP contribution in [0.25, 0.3) is 0 Å². The van der Waals surface area contributed by atoms with Gasteiger partial charge in [0.25, 0.3) is 0 Å². The number of hydrogen-bond acceptors (Lipinski definition) is 2. The molecule has 66 valence electrons. The van der Waals surface area contributed by atoms with Crippen molar-refractivity contribution in [3.8, 4) is 0 Å². The first-order valence-electron chi connectivity index (χ1n) is 4.52. The van der Waals surface area contributed by atoms with Crippen LogP contribution in [0.1, 0.15) is 27.2 Å². The van der Waals surface area contributed by atoms with E-state index >= 15 is 0 Å². The molecule has 1 heterocycles. The monoisotopic (exact) mass is 156 g/mol. The highest BCUT2D eigenvalue weighted by Gasteiger charge is 2.31. The molecule has 0 radical (unpaired) electrons. The third-order valence-corrected chi connectivity index (χ3v) is 3.10. The van der Waals surface area contributed by atoms with Gasteiger partial charge < -0.3 is 5.73 Å². The van der Waals surface area contributed by atoms with Crippen LogP contribution in [0.4, 0.5) is 0 Å². The predicted octanol–water partition coefficient (Wildman–Crippen LogP) is 1.07. The average Bonchev–Trinajstić information content (AvgIpc) is 1.84. The Morgan fingerprint density at radius 3 is 2.27 bits per heavy atom. The molecule has 1 fully saturated rings. The lowest BCUT2D eigenvalue weighted by molar-refractivity contribution is 0.0535. The van der Waals surface area contributed by atoms with Crippen LogP contribution in [0.5, 0.6) is 0 Å². The molecule has 1 aliphatic rings. The number of nitrogens with zero attached hydrogens (tertiary/aromatic N) is 1. The van der Waals surface area contributed by atoms with Gasteiger partial charge in [0.15, 0.2) is 0 Å². The zero-order chi connectivity index (χ0) is 8.48. The number of rotatable bonds is 3. The molecule has 1 unspecified atom stereocenters. The summed E-state index contributed by atoms with van der Waals surface area (Å²) in [5, 5.41) is 0. The van der Waals surface area contributed by atoms with Crippen molar-refractivity contribution in [3.63, 3.8) is 0 Å². The van der Waals surface area contributed by atoms with Gasteiger partial charge in [-0.3, -0.25) is 4.90 Å². The molecule has 0 amide bonds. The second-order valence-electron chi connectivity index (χ2n) is 4.26. The highest BCUT2D eigenvalue weighted by Crippen LogP contribution is 2.26. The van der Waals surface area contributed by atoms with E-state index in [-0.39, 0.29) is 5.41 Å². The highest BCUT2D eigenvalue weighted by atomic mass is 15.2. The largest absolute Gasteiger partial charge is 0.330 e. The Morgan fingerprint density at radius 1 is 1.45 bits per heavy atom. The number of likely N-dealkylation sites (tertiary alicyclic amines) is 1. The van der Waals surface area contributed by atoms with Gasteiger partial charge in [-0.2, -0.15) is 0 Å². The zero-order valence-electron chi connectivity index (χ0n) is 7.93. The Balaban J connectivity index is 2.44. The second kappa shape index (κ2) is 3.11. The van der Waals surface area contributed by atoms with Crippen molar-refractivity contribution in [1.82, 2.24) is 4.90 Å². The fourth-order valence-corrected chi connectivity index (χ4v) is 1.39. The first-order chi connectivity index (χ1) is 5.08. The van der Waals surface area contributed by atoms with Crippen molar-refractivity contribution in [2.45, 2.75) is 33.2 Å². The molecule has 0 bridgehead atoms. The van der Waals surface area contributed by atoms with Crippen molar-refractivity contribution < 1.29 is 0 Å². The van der Waals surface area contributed by atoms with E-state index in [1.807, 2.05) is 0 Å². The lowest BCUT2D eigenvalue weighted by atomic mass is 9.83. The molecule has 1 atom stereocenters. The van der Waals surface area contributed by atoms with E-state index in [1.54, 1.807) is 0 Å². The van der Waals surface area contributed by atoms with Crippen molar-refractivity contribution in [2.24, 2.45) is 11.1 Å². The number of nitrogens with two attached hydrogens (primary N) is 1. The maximum absolute atomic E-state index is 5.70. The molecule has 0 aromatic heterocycles. The maximum Gasteiger partial charge on any atom is 0.0130 e. The molecule has 0 spiro atoms. The first kappa shape index (κ1) is 9.01. The molecule has 1 saturated heterocycles. The van der Waals surface area contributed by atoms with E-state index in [0.717, 1.165) is 6.54 Å². The van der Waals surface area contributed by atoms with Crippen molar-refractivity contribution in [2.75, 3.05) is 19.6 Å². The van der Waals surface area contributed by atoms with Crippen molar-refractivity contribution in [3.05, 3.63) is 0 Å². The lowest BCUT2D eigenvalue weighted by Crippen LogP contribution is -2.52. The molecule has 1 aliphatic heterocycles. The summed E-state index contributed by atoms with van der Waals surface area (Å²) in [7, 11) is 0. The summed E-state index contributed by atoms with van der Waals surface area (Å²) in [5.74, 6) is 0. The van der Waals surface area contributed by atoms with E-state index in [0.29, 0.717) is 6.04 Å². The van der Waals surface area contributed by atoms with E-state index in [2.05, 4.69) is 25.7 Å². The van der Waals surface area contributed by atoms with Gasteiger partial charge in [-0.1, -0.05) is 13.8 Å². The summed E-state index contributed by atoms with van der Waals surface area (Å²) >= 11 is 0.